The van der Waals surface area contributed by atoms with Gasteiger partial charge in [-0.3, -0.25) is 0 Å². The van der Waals surface area contributed by atoms with Crippen LogP contribution in [0, 0.1) is 0 Å². The van der Waals surface area contributed by atoms with E-state index in [1.54, 1.807) is 30.3 Å². The minimum Gasteiger partial charge on any atom is -0.487 e. The zero-order valence-electron chi connectivity index (χ0n) is 10.5. The molecular weight excluding hydrogens is 280 g/mol. The third-order valence-corrected chi connectivity index (χ3v) is 4.39. The van der Waals surface area contributed by atoms with Crippen molar-refractivity contribution >= 4 is 9.84 Å². The third kappa shape index (κ3) is 3.16. The van der Waals surface area contributed by atoms with E-state index in [1.807, 2.05) is 0 Å². The molecule has 0 saturated heterocycles. The Labute approximate surface area is 117 Å². The van der Waals surface area contributed by atoms with Crippen molar-refractivity contribution in [3.63, 3.8) is 0 Å². The Morgan fingerprint density at radius 1 is 0.950 bits per heavy atom. The van der Waals surface area contributed by atoms with Crippen LogP contribution in [0.2, 0.25) is 0 Å². The van der Waals surface area contributed by atoms with E-state index in [2.05, 4.69) is 0 Å². The van der Waals surface area contributed by atoms with Crippen molar-refractivity contribution in [2.75, 3.05) is 6.61 Å². The van der Waals surface area contributed by atoms with Crippen molar-refractivity contribution in [3.8, 4) is 5.75 Å². The number of rotatable bonds is 5. The maximum Gasteiger partial charge on any atom is 0.210 e. The fraction of sp³-hybridized carbons (Fsp3) is 0.143. The molecule has 0 unspecified atom stereocenters. The molecule has 0 bridgehead atoms. The third-order valence-electron chi connectivity index (χ3n) is 2.58. The number of aliphatic hydroxyl groups is 2. The average Bonchev–Trinajstić information content (AvgIpc) is 2.46. The lowest BCUT2D eigenvalue weighted by Crippen LogP contribution is -2.17. The van der Waals surface area contributed by atoms with Crippen LogP contribution in [0.1, 0.15) is 0 Å². The van der Waals surface area contributed by atoms with Crippen LogP contribution in [0.25, 0.3) is 0 Å². The molecule has 0 fully saturated rings. The summed E-state index contributed by atoms with van der Waals surface area (Å²) in [6.07, 6.45) is -1.66. The molecule has 0 aromatic heterocycles. The van der Waals surface area contributed by atoms with Crippen molar-refractivity contribution in [2.45, 2.75) is 16.1 Å². The van der Waals surface area contributed by atoms with Gasteiger partial charge in [-0.15, -0.1) is 0 Å². The molecule has 2 aromatic rings. The topological polar surface area (TPSA) is 83.8 Å². The SMILES string of the molecule is O=S(=O)(c1ccccc1)c1ccccc1OCC(O)O. The first-order valence-electron chi connectivity index (χ1n) is 5.90. The summed E-state index contributed by atoms with van der Waals surface area (Å²) >= 11 is 0. The second kappa shape index (κ2) is 6.04. The zero-order chi connectivity index (χ0) is 14.6. The van der Waals surface area contributed by atoms with E-state index in [0.29, 0.717) is 0 Å². The Hall–Kier alpha value is -1.89. The van der Waals surface area contributed by atoms with Crippen molar-refractivity contribution in [1.29, 1.82) is 0 Å². The van der Waals surface area contributed by atoms with E-state index in [0.717, 1.165) is 0 Å². The molecule has 106 valence electrons. The predicted molar refractivity (Wildman–Crippen MR) is 72.1 cm³/mol. The number of hydrogen-bond acceptors (Lipinski definition) is 5. The van der Waals surface area contributed by atoms with Gasteiger partial charge in [-0.05, 0) is 24.3 Å². The van der Waals surface area contributed by atoms with Crippen molar-refractivity contribution < 1.29 is 23.4 Å². The largest absolute Gasteiger partial charge is 0.487 e. The number of sulfone groups is 1. The zero-order valence-corrected chi connectivity index (χ0v) is 11.3. The molecule has 0 heterocycles. The van der Waals surface area contributed by atoms with Gasteiger partial charge in [0.1, 0.15) is 17.3 Å². The van der Waals surface area contributed by atoms with Crippen LogP contribution in [0.5, 0.6) is 5.75 Å². The standard InChI is InChI=1S/C14H14O5S/c15-14(16)10-19-12-8-4-5-9-13(12)20(17,18)11-6-2-1-3-7-11/h1-9,14-16H,10H2. The van der Waals surface area contributed by atoms with Gasteiger partial charge in [-0.1, -0.05) is 30.3 Å². The summed E-state index contributed by atoms with van der Waals surface area (Å²) in [6.45, 7) is -0.401. The molecule has 0 radical (unpaired) electrons. The summed E-state index contributed by atoms with van der Waals surface area (Å²) in [7, 11) is -3.71. The number of hydrogen-bond donors (Lipinski definition) is 2. The summed E-state index contributed by atoms with van der Waals surface area (Å²) in [6, 6.07) is 14.1. The quantitative estimate of drug-likeness (QED) is 0.810. The average molecular weight is 294 g/mol. The van der Waals surface area contributed by atoms with Crippen LogP contribution in [0.15, 0.2) is 64.4 Å². The lowest BCUT2D eigenvalue weighted by atomic mass is 10.3. The number of ether oxygens (including phenoxy) is 1. The second-order valence-electron chi connectivity index (χ2n) is 4.05. The number of aliphatic hydroxyl groups excluding tert-OH is 1. The molecule has 2 rings (SSSR count). The second-order valence-corrected chi connectivity index (χ2v) is 5.97. The molecule has 20 heavy (non-hydrogen) atoms. The molecule has 2 N–H and O–H groups in total. The van der Waals surface area contributed by atoms with Crippen LogP contribution in [-0.2, 0) is 9.84 Å². The van der Waals surface area contributed by atoms with Crippen molar-refractivity contribution in [2.24, 2.45) is 0 Å². The number of para-hydroxylation sites is 1. The van der Waals surface area contributed by atoms with Crippen LogP contribution in [0.4, 0.5) is 0 Å². The van der Waals surface area contributed by atoms with Gasteiger partial charge < -0.3 is 14.9 Å². The van der Waals surface area contributed by atoms with E-state index in [-0.39, 0.29) is 15.5 Å². The molecule has 2 aromatic carbocycles. The van der Waals surface area contributed by atoms with Gasteiger partial charge >= 0.3 is 0 Å². The first-order valence-corrected chi connectivity index (χ1v) is 7.38. The first-order chi connectivity index (χ1) is 9.51. The maximum atomic E-state index is 12.5. The van der Waals surface area contributed by atoms with E-state index in [1.165, 1.54) is 24.3 Å². The van der Waals surface area contributed by atoms with Gasteiger partial charge in [0.15, 0.2) is 6.29 Å². The maximum absolute atomic E-state index is 12.5. The minimum absolute atomic E-state index is 0.00755. The highest BCUT2D eigenvalue weighted by Crippen LogP contribution is 2.29. The summed E-state index contributed by atoms with van der Waals surface area (Å²) in [5, 5.41) is 17.6. The molecule has 0 saturated carbocycles. The Bertz CT molecular complexity index is 665. The van der Waals surface area contributed by atoms with Gasteiger partial charge in [0.25, 0.3) is 0 Å². The van der Waals surface area contributed by atoms with Crippen LogP contribution >= 0.6 is 0 Å². The van der Waals surface area contributed by atoms with Crippen LogP contribution in [0.3, 0.4) is 0 Å². The van der Waals surface area contributed by atoms with Gasteiger partial charge in [-0.2, -0.15) is 0 Å². The minimum atomic E-state index is -3.71. The predicted octanol–water partition coefficient (Wildman–Crippen LogP) is 1.21. The van der Waals surface area contributed by atoms with E-state index in [9.17, 15) is 8.42 Å². The molecule has 6 heteroatoms. The van der Waals surface area contributed by atoms with Crippen molar-refractivity contribution in [3.05, 3.63) is 54.6 Å². The molecule has 0 atom stereocenters. The van der Waals surface area contributed by atoms with Crippen molar-refractivity contribution in [1.82, 2.24) is 0 Å². The highest BCUT2D eigenvalue weighted by Gasteiger charge is 2.21. The van der Waals surface area contributed by atoms with Crippen LogP contribution in [-0.4, -0.2) is 31.5 Å². The van der Waals surface area contributed by atoms with E-state index in [4.69, 9.17) is 14.9 Å². The summed E-state index contributed by atoms with van der Waals surface area (Å²) in [5.41, 5.74) is 0. The fourth-order valence-electron chi connectivity index (χ4n) is 1.68. The van der Waals surface area contributed by atoms with E-state index < -0.39 is 22.7 Å². The van der Waals surface area contributed by atoms with Crippen LogP contribution < -0.4 is 4.74 Å². The highest BCUT2D eigenvalue weighted by molar-refractivity contribution is 7.91. The Balaban J connectivity index is 2.42. The Kier molecular flexibility index (Phi) is 4.39. The molecule has 0 aliphatic rings. The van der Waals surface area contributed by atoms with Gasteiger partial charge in [0.2, 0.25) is 9.84 Å². The smallest absolute Gasteiger partial charge is 0.210 e. The van der Waals surface area contributed by atoms with Gasteiger partial charge in [0, 0.05) is 0 Å². The molecule has 0 aliphatic heterocycles. The first kappa shape index (κ1) is 14.5. The summed E-state index contributed by atoms with van der Waals surface area (Å²) < 4.78 is 30.1. The fourth-order valence-corrected chi connectivity index (χ4v) is 3.10. The highest BCUT2D eigenvalue weighted by atomic mass is 32.2. The lowest BCUT2D eigenvalue weighted by molar-refractivity contribution is -0.0685. The summed E-state index contributed by atoms with van der Waals surface area (Å²) in [4.78, 5) is 0.146. The Morgan fingerprint density at radius 2 is 1.55 bits per heavy atom. The Morgan fingerprint density at radius 3 is 2.20 bits per heavy atom. The monoisotopic (exact) mass is 294 g/mol. The molecule has 0 spiro atoms. The molecule has 0 amide bonds. The lowest BCUT2D eigenvalue weighted by Gasteiger charge is -2.12. The van der Waals surface area contributed by atoms with Gasteiger partial charge in [0.05, 0.1) is 4.90 Å². The molecule has 5 nitrogen and oxygen atoms in total. The molecular formula is C14H14O5S. The van der Waals surface area contributed by atoms with Gasteiger partial charge in [-0.25, -0.2) is 8.42 Å². The summed E-state index contributed by atoms with van der Waals surface area (Å²) in [5.74, 6) is 0.0875. The normalized spacial score (nSPS) is 11.6. The molecule has 0 aliphatic carbocycles. The van der Waals surface area contributed by atoms with E-state index >= 15 is 0 Å². The number of benzene rings is 2.